The van der Waals surface area contributed by atoms with Crippen molar-refractivity contribution in [1.82, 2.24) is 5.32 Å². The highest BCUT2D eigenvalue weighted by Gasteiger charge is 2.43. The standard InChI is InChI=1S/C13H15NO/c1-2-8-14-13(15)12-9-11(12)10-6-4-3-5-7-10/h2-7,11-12H,1,8-9H2,(H,14,15). The van der Waals surface area contributed by atoms with Crippen LogP contribution in [-0.2, 0) is 4.79 Å². The smallest absolute Gasteiger partial charge is 0.223 e. The lowest BCUT2D eigenvalue weighted by molar-refractivity contribution is -0.122. The van der Waals surface area contributed by atoms with Crippen molar-refractivity contribution in [2.75, 3.05) is 6.54 Å². The van der Waals surface area contributed by atoms with Crippen molar-refractivity contribution in [3.63, 3.8) is 0 Å². The molecule has 15 heavy (non-hydrogen) atoms. The highest BCUT2D eigenvalue weighted by atomic mass is 16.2. The largest absolute Gasteiger partial charge is 0.352 e. The molecule has 0 saturated heterocycles. The molecule has 2 nitrogen and oxygen atoms in total. The van der Waals surface area contributed by atoms with Gasteiger partial charge in [0.05, 0.1) is 0 Å². The average molecular weight is 201 g/mol. The van der Waals surface area contributed by atoms with Crippen LogP contribution in [0.1, 0.15) is 17.9 Å². The second-order valence-corrected chi connectivity index (χ2v) is 3.89. The van der Waals surface area contributed by atoms with Gasteiger partial charge >= 0.3 is 0 Å². The lowest BCUT2D eigenvalue weighted by Gasteiger charge is -2.01. The highest BCUT2D eigenvalue weighted by molar-refractivity contribution is 5.82. The molecule has 0 radical (unpaired) electrons. The Morgan fingerprint density at radius 2 is 2.20 bits per heavy atom. The van der Waals surface area contributed by atoms with Gasteiger partial charge in [-0.2, -0.15) is 0 Å². The van der Waals surface area contributed by atoms with Gasteiger partial charge in [0.2, 0.25) is 5.91 Å². The summed E-state index contributed by atoms with van der Waals surface area (Å²) in [6, 6.07) is 10.2. The monoisotopic (exact) mass is 201 g/mol. The number of carbonyl (C=O) groups is 1. The third-order valence-electron chi connectivity index (χ3n) is 2.78. The van der Waals surface area contributed by atoms with E-state index in [1.165, 1.54) is 5.56 Å². The van der Waals surface area contributed by atoms with Crippen LogP contribution in [0.4, 0.5) is 0 Å². The van der Waals surface area contributed by atoms with Crippen molar-refractivity contribution >= 4 is 5.91 Å². The van der Waals surface area contributed by atoms with E-state index in [4.69, 9.17) is 0 Å². The molecular formula is C13H15NO. The van der Waals surface area contributed by atoms with Crippen molar-refractivity contribution in [2.45, 2.75) is 12.3 Å². The van der Waals surface area contributed by atoms with Gasteiger partial charge in [-0.3, -0.25) is 4.79 Å². The third-order valence-corrected chi connectivity index (χ3v) is 2.78. The van der Waals surface area contributed by atoms with E-state index < -0.39 is 0 Å². The molecule has 2 unspecified atom stereocenters. The molecular weight excluding hydrogens is 186 g/mol. The number of amides is 1. The maximum absolute atomic E-state index is 11.6. The van der Waals surface area contributed by atoms with Gasteiger partial charge in [0.15, 0.2) is 0 Å². The summed E-state index contributed by atoms with van der Waals surface area (Å²) >= 11 is 0. The minimum atomic E-state index is 0.156. The Bertz CT molecular complexity index is 358. The molecule has 0 heterocycles. The topological polar surface area (TPSA) is 29.1 Å². The summed E-state index contributed by atoms with van der Waals surface area (Å²) in [5, 5.41) is 2.84. The molecule has 78 valence electrons. The minimum Gasteiger partial charge on any atom is -0.352 e. The Balaban J connectivity index is 1.91. The zero-order valence-corrected chi connectivity index (χ0v) is 8.65. The fraction of sp³-hybridized carbons (Fsp3) is 0.308. The SMILES string of the molecule is C=CCNC(=O)C1CC1c1ccccc1. The van der Waals surface area contributed by atoms with Gasteiger partial charge in [0.1, 0.15) is 0 Å². The molecule has 2 atom stereocenters. The Kier molecular flexibility index (Phi) is 2.86. The van der Waals surface area contributed by atoms with Gasteiger partial charge in [-0.15, -0.1) is 6.58 Å². The van der Waals surface area contributed by atoms with Crippen LogP contribution in [0.3, 0.4) is 0 Å². The van der Waals surface area contributed by atoms with Crippen LogP contribution in [0.15, 0.2) is 43.0 Å². The second kappa shape index (κ2) is 4.30. The fourth-order valence-electron chi connectivity index (χ4n) is 1.86. The molecule has 0 aliphatic heterocycles. The van der Waals surface area contributed by atoms with Gasteiger partial charge < -0.3 is 5.32 Å². The van der Waals surface area contributed by atoms with Crippen LogP contribution in [-0.4, -0.2) is 12.5 Å². The van der Waals surface area contributed by atoms with E-state index in [-0.39, 0.29) is 11.8 Å². The first kappa shape index (κ1) is 9.97. The molecule has 1 saturated carbocycles. The minimum absolute atomic E-state index is 0.156. The first-order valence-corrected chi connectivity index (χ1v) is 5.26. The number of hydrogen-bond donors (Lipinski definition) is 1. The normalized spacial score (nSPS) is 23.2. The first-order chi connectivity index (χ1) is 7.33. The number of rotatable bonds is 4. The van der Waals surface area contributed by atoms with E-state index in [9.17, 15) is 4.79 Å². The van der Waals surface area contributed by atoms with Crippen LogP contribution in [0, 0.1) is 5.92 Å². The quantitative estimate of drug-likeness (QED) is 0.742. The molecule has 1 aliphatic carbocycles. The maximum atomic E-state index is 11.6. The van der Waals surface area contributed by atoms with Crippen molar-refractivity contribution in [3.05, 3.63) is 48.6 Å². The van der Waals surface area contributed by atoms with E-state index in [1.54, 1.807) is 6.08 Å². The summed E-state index contributed by atoms with van der Waals surface area (Å²) < 4.78 is 0. The maximum Gasteiger partial charge on any atom is 0.223 e. The summed E-state index contributed by atoms with van der Waals surface area (Å²) in [5.74, 6) is 0.757. The Morgan fingerprint density at radius 3 is 2.87 bits per heavy atom. The van der Waals surface area contributed by atoms with Gasteiger partial charge in [-0.25, -0.2) is 0 Å². The van der Waals surface area contributed by atoms with Gasteiger partial charge in [0, 0.05) is 12.5 Å². The summed E-state index contributed by atoms with van der Waals surface area (Å²) in [4.78, 5) is 11.6. The van der Waals surface area contributed by atoms with Gasteiger partial charge in [-0.1, -0.05) is 36.4 Å². The van der Waals surface area contributed by atoms with Crippen molar-refractivity contribution < 1.29 is 4.79 Å². The van der Waals surface area contributed by atoms with Crippen LogP contribution in [0.25, 0.3) is 0 Å². The molecule has 1 amide bonds. The molecule has 1 aromatic rings. The number of carbonyl (C=O) groups excluding carboxylic acids is 1. The lowest BCUT2D eigenvalue weighted by Crippen LogP contribution is -2.25. The number of benzene rings is 1. The Hall–Kier alpha value is -1.57. The summed E-state index contributed by atoms with van der Waals surface area (Å²) in [7, 11) is 0. The Morgan fingerprint density at radius 1 is 1.47 bits per heavy atom. The van der Waals surface area contributed by atoms with E-state index in [0.29, 0.717) is 12.5 Å². The molecule has 0 spiro atoms. The lowest BCUT2D eigenvalue weighted by atomic mass is 10.1. The van der Waals surface area contributed by atoms with E-state index >= 15 is 0 Å². The molecule has 1 aromatic carbocycles. The molecule has 0 aromatic heterocycles. The predicted octanol–water partition coefficient (Wildman–Crippen LogP) is 2.09. The van der Waals surface area contributed by atoms with Gasteiger partial charge in [-0.05, 0) is 17.9 Å². The molecule has 1 N–H and O–H groups in total. The molecule has 1 aliphatic rings. The number of nitrogens with one attached hydrogen (secondary N) is 1. The molecule has 1 fully saturated rings. The third kappa shape index (κ3) is 2.27. The molecule has 2 heteroatoms. The summed E-state index contributed by atoms with van der Waals surface area (Å²) in [5.41, 5.74) is 1.27. The van der Waals surface area contributed by atoms with Crippen molar-refractivity contribution in [2.24, 2.45) is 5.92 Å². The van der Waals surface area contributed by atoms with Crippen molar-refractivity contribution in [3.8, 4) is 0 Å². The average Bonchev–Trinajstić information content (AvgIpc) is 3.07. The fourth-order valence-corrected chi connectivity index (χ4v) is 1.86. The molecule has 2 rings (SSSR count). The zero-order chi connectivity index (χ0) is 10.7. The van der Waals surface area contributed by atoms with E-state index in [1.807, 2.05) is 18.2 Å². The van der Waals surface area contributed by atoms with Crippen molar-refractivity contribution in [1.29, 1.82) is 0 Å². The van der Waals surface area contributed by atoms with Crippen LogP contribution in [0.2, 0.25) is 0 Å². The summed E-state index contributed by atoms with van der Waals surface area (Å²) in [6.07, 6.45) is 2.69. The van der Waals surface area contributed by atoms with E-state index in [2.05, 4.69) is 24.0 Å². The summed E-state index contributed by atoms with van der Waals surface area (Å²) in [6.45, 7) is 4.14. The van der Waals surface area contributed by atoms with E-state index in [0.717, 1.165) is 6.42 Å². The molecule has 0 bridgehead atoms. The predicted molar refractivity (Wildman–Crippen MR) is 60.5 cm³/mol. The zero-order valence-electron chi connectivity index (χ0n) is 8.65. The first-order valence-electron chi connectivity index (χ1n) is 5.26. The number of hydrogen-bond acceptors (Lipinski definition) is 1. The highest BCUT2D eigenvalue weighted by Crippen LogP contribution is 2.47. The van der Waals surface area contributed by atoms with Crippen LogP contribution < -0.4 is 5.32 Å². The Labute approximate surface area is 90.0 Å². The van der Waals surface area contributed by atoms with Crippen LogP contribution in [0.5, 0.6) is 0 Å². The second-order valence-electron chi connectivity index (χ2n) is 3.89. The van der Waals surface area contributed by atoms with Crippen LogP contribution >= 0.6 is 0 Å². The van der Waals surface area contributed by atoms with Gasteiger partial charge in [0.25, 0.3) is 0 Å².